The number of hydrogen-bond donors (Lipinski definition) is 1. The van der Waals surface area contributed by atoms with E-state index in [1.54, 1.807) is 0 Å². The van der Waals surface area contributed by atoms with E-state index in [1.165, 1.54) is 11.8 Å². The number of hydrogen-bond acceptors (Lipinski definition) is 3. The molecule has 0 bridgehead atoms. The van der Waals surface area contributed by atoms with Gasteiger partial charge >= 0.3 is 5.97 Å². The number of carbonyl (C=O) groups is 2. The summed E-state index contributed by atoms with van der Waals surface area (Å²) < 4.78 is 0. The number of carboxylic acid groups (broad SMARTS) is 1. The van der Waals surface area contributed by atoms with E-state index in [1.807, 2.05) is 6.07 Å². The van der Waals surface area contributed by atoms with Crippen LogP contribution in [0.5, 0.6) is 0 Å². The lowest BCUT2D eigenvalue weighted by Gasteiger charge is -2.25. The Kier molecular flexibility index (Phi) is 7.31. The summed E-state index contributed by atoms with van der Waals surface area (Å²) in [5.74, 6) is -0.984. The van der Waals surface area contributed by atoms with Crippen LogP contribution in [0.1, 0.15) is 26.2 Å². The standard InChI is InChI=1S/C10H15ClN2O3/c1-8(10(15)16)13(7-3-6-12)9(14)4-2-5-11/h8H,2-5,7H2,1H3,(H,15,16). The number of carboxylic acids is 1. The van der Waals surface area contributed by atoms with Crippen molar-refractivity contribution in [2.45, 2.75) is 32.2 Å². The maximum atomic E-state index is 11.6. The molecule has 1 amide bonds. The van der Waals surface area contributed by atoms with Gasteiger partial charge in [-0.15, -0.1) is 11.6 Å². The Morgan fingerprint density at radius 1 is 1.56 bits per heavy atom. The first-order valence-electron chi connectivity index (χ1n) is 4.99. The molecule has 0 aliphatic carbocycles. The van der Waals surface area contributed by atoms with Gasteiger partial charge in [0.05, 0.1) is 12.5 Å². The molecular weight excluding hydrogens is 232 g/mol. The van der Waals surface area contributed by atoms with E-state index in [9.17, 15) is 9.59 Å². The highest BCUT2D eigenvalue weighted by atomic mass is 35.5. The molecule has 0 aliphatic rings. The van der Waals surface area contributed by atoms with Gasteiger partial charge in [-0.1, -0.05) is 0 Å². The molecule has 0 radical (unpaired) electrons. The molecule has 5 nitrogen and oxygen atoms in total. The summed E-state index contributed by atoms with van der Waals surface area (Å²) >= 11 is 5.46. The molecule has 0 fully saturated rings. The van der Waals surface area contributed by atoms with Crippen LogP contribution in [0.15, 0.2) is 0 Å². The molecule has 0 aromatic rings. The van der Waals surface area contributed by atoms with Crippen molar-refractivity contribution in [3.63, 3.8) is 0 Å². The fourth-order valence-corrected chi connectivity index (χ4v) is 1.33. The molecule has 1 unspecified atom stereocenters. The summed E-state index contributed by atoms with van der Waals surface area (Å²) in [5, 5.41) is 17.3. The highest BCUT2D eigenvalue weighted by molar-refractivity contribution is 6.17. The van der Waals surface area contributed by atoms with Gasteiger partial charge in [0.25, 0.3) is 0 Å². The summed E-state index contributed by atoms with van der Waals surface area (Å²) in [7, 11) is 0. The average Bonchev–Trinajstić information content (AvgIpc) is 2.26. The number of amides is 1. The SMILES string of the molecule is CC(C(=O)O)N(CCC#N)C(=O)CCCCl. The molecule has 90 valence electrons. The Balaban J connectivity index is 4.47. The maximum absolute atomic E-state index is 11.6. The molecular formula is C10H15ClN2O3. The van der Waals surface area contributed by atoms with Crippen LogP contribution >= 0.6 is 11.6 Å². The minimum absolute atomic E-state index is 0.129. The summed E-state index contributed by atoms with van der Waals surface area (Å²) in [4.78, 5) is 23.6. The quantitative estimate of drug-likeness (QED) is 0.685. The first-order chi connectivity index (χ1) is 7.54. The number of alkyl halides is 1. The number of nitriles is 1. The van der Waals surface area contributed by atoms with Gasteiger partial charge in [0.2, 0.25) is 5.91 Å². The van der Waals surface area contributed by atoms with Gasteiger partial charge in [-0.05, 0) is 13.3 Å². The predicted octanol–water partition coefficient (Wildman–Crippen LogP) is 1.22. The van der Waals surface area contributed by atoms with Crippen LogP contribution in [0.2, 0.25) is 0 Å². The van der Waals surface area contributed by atoms with E-state index in [2.05, 4.69) is 0 Å². The summed E-state index contributed by atoms with van der Waals surface area (Å²) in [6.45, 7) is 1.57. The molecule has 0 aromatic carbocycles. The number of halogens is 1. The number of carbonyl (C=O) groups excluding carboxylic acids is 1. The van der Waals surface area contributed by atoms with E-state index < -0.39 is 12.0 Å². The van der Waals surface area contributed by atoms with E-state index in [-0.39, 0.29) is 25.3 Å². The summed E-state index contributed by atoms with van der Waals surface area (Å²) in [6, 6.07) is 0.984. The van der Waals surface area contributed by atoms with E-state index >= 15 is 0 Å². The van der Waals surface area contributed by atoms with Gasteiger partial charge in [0.15, 0.2) is 0 Å². The fourth-order valence-electron chi connectivity index (χ4n) is 1.20. The maximum Gasteiger partial charge on any atom is 0.326 e. The van der Waals surface area contributed by atoms with Gasteiger partial charge in [0.1, 0.15) is 6.04 Å². The van der Waals surface area contributed by atoms with E-state index in [0.29, 0.717) is 12.3 Å². The third-order valence-electron chi connectivity index (χ3n) is 2.13. The Bertz CT molecular complexity index is 288. The average molecular weight is 247 g/mol. The van der Waals surface area contributed by atoms with E-state index in [0.717, 1.165) is 0 Å². The van der Waals surface area contributed by atoms with Crippen molar-refractivity contribution in [2.24, 2.45) is 0 Å². The largest absolute Gasteiger partial charge is 0.480 e. The van der Waals surface area contributed by atoms with Crippen molar-refractivity contribution in [2.75, 3.05) is 12.4 Å². The molecule has 6 heteroatoms. The monoisotopic (exact) mass is 246 g/mol. The van der Waals surface area contributed by atoms with Crippen molar-refractivity contribution in [1.82, 2.24) is 4.90 Å². The van der Waals surface area contributed by atoms with Crippen LogP contribution in [0.3, 0.4) is 0 Å². The molecule has 0 heterocycles. The second-order valence-corrected chi connectivity index (χ2v) is 3.68. The lowest BCUT2D eigenvalue weighted by atomic mass is 10.2. The fraction of sp³-hybridized carbons (Fsp3) is 0.700. The first-order valence-corrected chi connectivity index (χ1v) is 5.53. The first kappa shape index (κ1) is 14.7. The third kappa shape index (κ3) is 4.99. The second-order valence-electron chi connectivity index (χ2n) is 3.30. The van der Waals surface area contributed by atoms with Gasteiger partial charge in [-0.3, -0.25) is 4.79 Å². The smallest absolute Gasteiger partial charge is 0.326 e. The van der Waals surface area contributed by atoms with Crippen molar-refractivity contribution >= 4 is 23.5 Å². The molecule has 0 aliphatic heterocycles. The third-order valence-corrected chi connectivity index (χ3v) is 2.40. The molecule has 0 saturated carbocycles. The van der Waals surface area contributed by atoms with Crippen LogP contribution in [-0.4, -0.2) is 40.3 Å². The van der Waals surface area contributed by atoms with Crippen molar-refractivity contribution < 1.29 is 14.7 Å². The highest BCUT2D eigenvalue weighted by Crippen LogP contribution is 2.06. The Morgan fingerprint density at radius 2 is 2.19 bits per heavy atom. The molecule has 0 spiro atoms. The van der Waals surface area contributed by atoms with Crippen LogP contribution in [0.25, 0.3) is 0 Å². The van der Waals surface area contributed by atoms with Crippen molar-refractivity contribution in [1.29, 1.82) is 5.26 Å². The zero-order chi connectivity index (χ0) is 12.6. The van der Waals surface area contributed by atoms with Crippen LogP contribution < -0.4 is 0 Å². The molecule has 1 atom stereocenters. The van der Waals surface area contributed by atoms with Crippen molar-refractivity contribution in [3.8, 4) is 6.07 Å². The predicted molar refractivity (Wildman–Crippen MR) is 59.0 cm³/mol. The molecule has 0 rings (SSSR count). The zero-order valence-electron chi connectivity index (χ0n) is 9.15. The Morgan fingerprint density at radius 3 is 2.62 bits per heavy atom. The minimum Gasteiger partial charge on any atom is -0.480 e. The highest BCUT2D eigenvalue weighted by Gasteiger charge is 2.24. The van der Waals surface area contributed by atoms with Crippen LogP contribution in [0, 0.1) is 11.3 Å². The topological polar surface area (TPSA) is 81.4 Å². The normalized spacial score (nSPS) is 11.6. The summed E-state index contributed by atoms with van der Waals surface area (Å²) in [6.07, 6.45) is 0.854. The molecule has 0 saturated heterocycles. The Labute approximate surface area is 99.6 Å². The van der Waals surface area contributed by atoms with Gasteiger partial charge in [0, 0.05) is 18.8 Å². The van der Waals surface area contributed by atoms with E-state index in [4.69, 9.17) is 22.0 Å². The van der Waals surface area contributed by atoms with Crippen molar-refractivity contribution in [3.05, 3.63) is 0 Å². The summed E-state index contributed by atoms with van der Waals surface area (Å²) in [5.41, 5.74) is 0. The minimum atomic E-state index is -1.07. The molecule has 0 aromatic heterocycles. The number of rotatable bonds is 7. The van der Waals surface area contributed by atoms with Gasteiger partial charge in [-0.25, -0.2) is 4.79 Å². The zero-order valence-corrected chi connectivity index (χ0v) is 9.90. The number of nitrogens with zero attached hydrogens (tertiary/aromatic N) is 2. The molecule has 1 N–H and O–H groups in total. The van der Waals surface area contributed by atoms with Crippen LogP contribution in [-0.2, 0) is 9.59 Å². The van der Waals surface area contributed by atoms with Crippen LogP contribution in [0.4, 0.5) is 0 Å². The second kappa shape index (κ2) is 7.94. The van der Waals surface area contributed by atoms with Gasteiger partial charge < -0.3 is 10.0 Å². The lowest BCUT2D eigenvalue weighted by molar-refractivity contribution is -0.149. The van der Waals surface area contributed by atoms with Gasteiger partial charge in [-0.2, -0.15) is 5.26 Å². The molecule has 16 heavy (non-hydrogen) atoms. The number of aliphatic carboxylic acids is 1. The lowest BCUT2D eigenvalue weighted by Crippen LogP contribution is -2.43. The Hall–Kier alpha value is -1.28.